The number of hydrogen-bond acceptors (Lipinski definition) is 8. The van der Waals surface area contributed by atoms with Gasteiger partial charge in [-0.3, -0.25) is 9.36 Å². The van der Waals surface area contributed by atoms with E-state index in [1.54, 1.807) is 63.4 Å². The SMILES string of the molecule is CCOC(=O)C1=C(C)N=c2s/c(=C\c3ccc(OCc4ccc(F)cc4)c(Br)c3)c(=O)n2[C@H]1c1cc(OC)ccc1OC. The summed E-state index contributed by atoms with van der Waals surface area (Å²) < 4.78 is 38.2. The number of allylic oxidation sites excluding steroid dienone is 1. The van der Waals surface area contributed by atoms with Gasteiger partial charge in [0.15, 0.2) is 4.80 Å². The first kappa shape index (κ1) is 30.2. The number of halogens is 2. The molecule has 0 saturated heterocycles. The van der Waals surface area contributed by atoms with Crippen molar-refractivity contribution in [2.24, 2.45) is 4.99 Å². The summed E-state index contributed by atoms with van der Waals surface area (Å²) >= 11 is 4.77. The van der Waals surface area contributed by atoms with Crippen LogP contribution in [0.2, 0.25) is 0 Å². The number of nitrogens with zero attached hydrogens (tertiary/aromatic N) is 2. The predicted octanol–water partition coefficient (Wildman–Crippen LogP) is 5.30. The third kappa shape index (κ3) is 6.28. The molecule has 0 aliphatic carbocycles. The molecule has 0 N–H and O–H groups in total. The van der Waals surface area contributed by atoms with Gasteiger partial charge in [-0.1, -0.05) is 29.5 Å². The minimum atomic E-state index is -0.850. The van der Waals surface area contributed by atoms with Crippen LogP contribution >= 0.6 is 27.3 Å². The van der Waals surface area contributed by atoms with E-state index in [4.69, 9.17) is 18.9 Å². The maximum Gasteiger partial charge on any atom is 0.338 e. The van der Waals surface area contributed by atoms with Gasteiger partial charge in [0.05, 0.1) is 41.1 Å². The summed E-state index contributed by atoms with van der Waals surface area (Å²) in [6, 6.07) is 16.0. The van der Waals surface area contributed by atoms with Crippen LogP contribution in [0.25, 0.3) is 6.08 Å². The summed E-state index contributed by atoms with van der Waals surface area (Å²) in [6.07, 6.45) is 1.77. The molecule has 5 rings (SSSR count). The van der Waals surface area contributed by atoms with Crippen LogP contribution < -0.4 is 29.1 Å². The lowest BCUT2D eigenvalue weighted by Crippen LogP contribution is -2.40. The molecule has 1 aliphatic rings. The van der Waals surface area contributed by atoms with Gasteiger partial charge < -0.3 is 18.9 Å². The van der Waals surface area contributed by atoms with Crippen molar-refractivity contribution in [3.8, 4) is 17.2 Å². The van der Waals surface area contributed by atoms with E-state index in [0.29, 0.717) is 42.3 Å². The molecule has 0 saturated carbocycles. The van der Waals surface area contributed by atoms with Gasteiger partial charge in [-0.05, 0) is 89.4 Å². The van der Waals surface area contributed by atoms with E-state index in [1.807, 2.05) is 12.1 Å². The normalized spacial score (nSPS) is 14.7. The van der Waals surface area contributed by atoms with Crippen molar-refractivity contribution < 1.29 is 28.1 Å². The van der Waals surface area contributed by atoms with E-state index >= 15 is 0 Å². The van der Waals surface area contributed by atoms with Crippen LogP contribution in [0, 0.1) is 5.82 Å². The minimum Gasteiger partial charge on any atom is -0.497 e. The summed E-state index contributed by atoms with van der Waals surface area (Å²) in [5.41, 5.74) is 2.53. The van der Waals surface area contributed by atoms with Crippen LogP contribution in [-0.4, -0.2) is 31.4 Å². The Labute approximate surface area is 259 Å². The maximum atomic E-state index is 14.0. The zero-order valence-corrected chi connectivity index (χ0v) is 26.3. The fourth-order valence-electron chi connectivity index (χ4n) is 4.76. The number of benzene rings is 3. The Morgan fingerprint density at radius 2 is 1.81 bits per heavy atom. The van der Waals surface area contributed by atoms with E-state index in [0.717, 1.165) is 11.1 Å². The number of thiazole rings is 1. The van der Waals surface area contributed by atoms with Gasteiger partial charge in [0, 0.05) is 5.56 Å². The number of aromatic nitrogens is 1. The summed E-state index contributed by atoms with van der Waals surface area (Å²) in [6.45, 7) is 3.89. The third-order valence-electron chi connectivity index (χ3n) is 6.81. The van der Waals surface area contributed by atoms with Crippen LogP contribution in [0.15, 0.2) is 86.2 Å². The fraction of sp³-hybridized carbons (Fsp3) is 0.219. The van der Waals surface area contributed by atoms with Crippen molar-refractivity contribution in [1.29, 1.82) is 0 Å². The molecule has 2 heterocycles. The molecule has 4 aromatic rings. The number of ether oxygens (including phenoxy) is 4. The van der Waals surface area contributed by atoms with Gasteiger partial charge in [-0.25, -0.2) is 14.2 Å². The van der Waals surface area contributed by atoms with Gasteiger partial charge in [-0.15, -0.1) is 0 Å². The Bertz CT molecular complexity index is 1900. The molecule has 1 atom stereocenters. The third-order valence-corrected chi connectivity index (χ3v) is 8.41. The minimum absolute atomic E-state index is 0.167. The van der Waals surface area contributed by atoms with Crippen molar-refractivity contribution in [2.75, 3.05) is 20.8 Å². The van der Waals surface area contributed by atoms with E-state index in [-0.39, 0.29) is 30.2 Å². The number of carbonyl (C=O) groups excluding carboxylic acids is 1. The second kappa shape index (κ2) is 13.0. The van der Waals surface area contributed by atoms with Gasteiger partial charge in [0.2, 0.25) is 0 Å². The van der Waals surface area contributed by atoms with E-state index < -0.39 is 12.0 Å². The Morgan fingerprint density at radius 1 is 1.07 bits per heavy atom. The van der Waals surface area contributed by atoms with Gasteiger partial charge in [-0.2, -0.15) is 0 Å². The summed E-state index contributed by atoms with van der Waals surface area (Å²) in [5.74, 6) is 0.760. The molecule has 1 aromatic heterocycles. The van der Waals surface area contributed by atoms with Crippen LogP contribution in [0.3, 0.4) is 0 Å². The molecule has 0 fully saturated rings. The zero-order valence-electron chi connectivity index (χ0n) is 23.9. The standard InChI is InChI=1S/C32H28BrFN2O6S/c1-5-41-31(38)28-18(2)35-32-36(29(28)23-16-22(39-3)11-13-25(23)40-4)30(37)27(43-32)15-20-8-12-26(24(33)14-20)42-17-19-6-9-21(34)10-7-19/h6-16,29H,5,17H2,1-4H3/b27-15-/t29-/m0/s1. The smallest absolute Gasteiger partial charge is 0.338 e. The largest absolute Gasteiger partial charge is 0.497 e. The van der Waals surface area contributed by atoms with E-state index in [9.17, 15) is 14.0 Å². The predicted molar refractivity (Wildman–Crippen MR) is 165 cm³/mol. The highest BCUT2D eigenvalue weighted by atomic mass is 79.9. The van der Waals surface area contributed by atoms with E-state index in [1.165, 1.54) is 35.1 Å². The van der Waals surface area contributed by atoms with Gasteiger partial charge in [0.1, 0.15) is 35.7 Å². The molecular weight excluding hydrogens is 639 g/mol. The lowest BCUT2D eigenvalue weighted by Gasteiger charge is -2.26. The second-order valence-corrected chi connectivity index (χ2v) is 11.4. The number of rotatable bonds is 9. The Morgan fingerprint density at radius 3 is 2.49 bits per heavy atom. The fourth-order valence-corrected chi connectivity index (χ4v) is 6.31. The molecule has 0 spiro atoms. The second-order valence-electron chi connectivity index (χ2n) is 9.52. The molecule has 11 heteroatoms. The highest BCUT2D eigenvalue weighted by Gasteiger charge is 2.35. The van der Waals surface area contributed by atoms with Crippen molar-refractivity contribution >= 4 is 39.3 Å². The first-order valence-corrected chi connectivity index (χ1v) is 14.9. The molecule has 0 radical (unpaired) electrons. The maximum absolute atomic E-state index is 14.0. The van der Waals surface area contributed by atoms with Crippen LogP contribution in [0.1, 0.15) is 36.6 Å². The molecule has 8 nitrogen and oxygen atoms in total. The zero-order chi connectivity index (χ0) is 30.7. The Balaban J connectivity index is 1.57. The Hall–Kier alpha value is -4.22. The lowest BCUT2D eigenvalue weighted by atomic mass is 9.94. The number of esters is 1. The van der Waals surface area contributed by atoms with Gasteiger partial charge in [0.25, 0.3) is 5.56 Å². The monoisotopic (exact) mass is 666 g/mol. The van der Waals surface area contributed by atoms with Crippen molar-refractivity contribution in [3.05, 3.63) is 119 Å². The molecule has 0 amide bonds. The molecule has 0 unspecified atom stereocenters. The summed E-state index contributed by atoms with van der Waals surface area (Å²) in [4.78, 5) is 32.3. The molecule has 1 aliphatic heterocycles. The quantitative estimate of drug-likeness (QED) is 0.226. The number of methoxy groups -OCH3 is 2. The van der Waals surface area contributed by atoms with Crippen molar-refractivity contribution in [2.45, 2.75) is 26.5 Å². The van der Waals surface area contributed by atoms with Crippen LogP contribution in [-0.2, 0) is 16.1 Å². The number of hydrogen-bond donors (Lipinski definition) is 0. The van der Waals surface area contributed by atoms with Gasteiger partial charge >= 0.3 is 5.97 Å². The molecule has 3 aromatic carbocycles. The van der Waals surface area contributed by atoms with Crippen LogP contribution in [0.4, 0.5) is 4.39 Å². The lowest BCUT2D eigenvalue weighted by molar-refractivity contribution is -0.139. The van der Waals surface area contributed by atoms with Crippen molar-refractivity contribution in [1.82, 2.24) is 4.57 Å². The highest BCUT2D eigenvalue weighted by Crippen LogP contribution is 2.38. The molecular formula is C32H28BrFN2O6S. The van der Waals surface area contributed by atoms with E-state index in [2.05, 4.69) is 20.9 Å². The first-order chi connectivity index (χ1) is 20.7. The summed E-state index contributed by atoms with van der Waals surface area (Å²) in [5, 5.41) is 0. The molecule has 43 heavy (non-hydrogen) atoms. The summed E-state index contributed by atoms with van der Waals surface area (Å²) in [7, 11) is 3.07. The Kier molecular flexibility index (Phi) is 9.12. The molecule has 0 bridgehead atoms. The average Bonchev–Trinajstić information content (AvgIpc) is 3.30. The highest BCUT2D eigenvalue weighted by molar-refractivity contribution is 9.10. The average molecular weight is 668 g/mol. The molecule has 222 valence electrons. The first-order valence-electron chi connectivity index (χ1n) is 13.3. The van der Waals surface area contributed by atoms with Crippen LogP contribution in [0.5, 0.6) is 17.2 Å². The number of carbonyl (C=O) groups is 1. The topological polar surface area (TPSA) is 88.4 Å². The van der Waals surface area contributed by atoms with Crippen molar-refractivity contribution in [3.63, 3.8) is 0 Å². The number of fused-ring (bicyclic) bond motifs is 1.